The van der Waals surface area contributed by atoms with Crippen LogP contribution in [0.25, 0.3) is 0 Å². The van der Waals surface area contributed by atoms with Crippen LogP contribution in [-0.4, -0.2) is 18.4 Å². The molecule has 0 aliphatic heterocycles. The summed E-state index contributed by atoms with van der Waals surface area (Å²) in [5.74, 6) is 3.08. The molecular formula is C16H24O3. The zero-order chi connectivity index (χ0) is 13.6. The van der Waals surface area contributed by atoms with Gasteiger partial charge in [0.15, 0.2) is 0 Å². The lowest BCUT2D eigenvalue weighted by atomic mass is 9.80. The van der Waals surface area contributed by atoms with Crippen molar-refractivity contribution in [2.75, 3.05) is 0 Å². The van der Waals surface area contributed by atoms with Crippen LogP contribution in [0.1, 0.15) is 46.0 Å². The molecule has 19 heavy (non-hydrogen) atoms. The Kier molecular flexibility index (Phi) is 3.42. The highest BCUT2D eigenvalue weighted by Crippen LogP contribution is 2.59. The monoisotopic (exact) mass is 264 g/mol. The van der Waals surface area contributed by atoms with Crippen LogP contribution in [0, 0.1) is 23.7 Å². The molecule has 0 amide bonds. The molecule has 3 aliphatic rings. The summed E-state index contributed by atoms with van der Waals surface area (Å²) in [6, 6.07) is 0. The average Bonchev–Trinajstić information content (AvgIpc) is 2.98. The highest BCUT2D eigenvalue weighted by atomic mass is 16.7. The lowest BCUT2D eigenvalue weighted by Crippen LogP contribution is -2.34. The molecule has 0 aromatic rings. The van der Waals surface area contributed by atoms with Gasteiger partial charge in [0.2, 0.25) is 6.29 Å². The van der Waals surface area contributed by atoms with Gasteiger partial charge in [0.25, 0.3) is 0 Å². The molecule has 0 spiro atoms. The van der Waals surface area contributed by atoms with Gasteiger partial charge in [-0.2, -0.15) is 0 Å². The highest BCUT2D eigenvalue weighted by Gasteiger charge is 2.54. The molecule has 3 saturated carbocycles. The van der Waals surface area contributed by atoms with Gasteiger partial charge in [-0.05, 0) is 63.2 Å². The van der Waals surface area contributed by atoms with Crippen LogP contribution in [0.15, 0.2) is 12.2 Å². The van der Waals surface area contributed by atoms with E-state index in [1.807, 2.05) is 6.92 Å². The van der Waals surface area contributed by atoms with Crippen LogP contribution in [0.2, 0.25) is 0 Å². The summed E-state index contributed by atoms with van der Waals surface area (Å²) in [6.45, 7) is 7.07. The Balaban J connectivity index is 1.54. The maximum atomic E-state index is 11.5. The first-order valence-electron chi connectivity index (χ1n) is 7.58. The first-order valence-corrected chi connectivity index (χ1v) is 7.58. The van der Waals surface area contributed by atoms with Gasteiger partial charge in [-0.15, -0.1) is 0 Å². The van der Waals surface area contributed by atoms with E-state index in [9.17, 15) is 4.79 Å². The normalized spacial score (nSPS) is 41.1. The van der Waals surface area contributed by atoms with E-state index >= 15 is 0 Å². The van der Waals surface area contributed by atoms with Gasteiger partial charge < -0.3 is 9.47 Å². The van der Waals surface area contributed by atoms with E-state index in [4.69, 9.17) is 9.47 Å². The largest absolute Gasteiger partial charge is 0.433 e. The van der Waals surface area contributed by atoms with E-state index in [-0.39, 0.29) is 5.97 Å². The Bertz CT molecular complexity index is 389. The molecule has 0 radical (unpaired) electrons. The van der Waals surface area contributed by atoms with Crippen LogP contribution in [0.4, 0.5) is 0 Å². The molecule has 6 atom stereocenters. The molecule has 6 unspecified atom stereocenters. The van der Waals surface area contributed by atoms with Crippen molar-refractivity contribution >= 4 is 5.97 Å². The van der Waals surface area contributed by atoms with Gasteiger partial charge in [-0.3, -0.25) is 0 Å². The minimum Gasteiger partial charge on any atom is -0.433 e. The Morgan fingerprint density at radius 2 is 1.95 bits per heavy atom. The summed E-state index contributed by atoms with van der Waals surface area (Å²) < 4.78 is 11.2. The predicted octanol–water partition coefficient (Wildman–Crippen LogP) is 3.29. The van der Waals surface area contributed by atoms with Crippen molar-refractivity contribution in [1.29, 1.82) is 0 Å². The number of rotatable bonds is 4. The Morgan fingerprint density at radius 3 is 2.68 bits per heavy atom. The zero-order valence-corrected chi connectivity index (χ0v) is 11.9. The number of esters is 1. The second-order valence-corrected chi connectivity index (χ2v) is 6.58. The summed E-state index contributed by atoms with van der Waals surface area (Å²) in [4.78, 5) is 11.5. The van der Waals surface area contributed by atoms with Crippen molar-refractivity contribution in [1.82, 2.24) is 0 Å². The molecular weight excluding hydrogens is 240 g/mol. The molecule has 0 N–H and O–H groups in total. The van der Waals surface area contributed by atoms with Crippen molar-refractivity contribution in [3.8, 4) is 0 Å². The van der Waals surface area contributed by atoms with Gasteiger partial charge in [0, 0.05) is 5.57 Å². The molecule has 106 valence electrons. The predicted molar refractivity (Wildman–Crippen MR) is 72.3 cm³/mol. The first-order chi connectivity index (χ1) is 9.06. The van der Waals surface area contributed by atoms with Gasteiger partial charge >= 0.3 is 5.97 Å². The molecule has 3 fully saturated rings. The van der Waals surface area contributed by atoms with Gasteiger partial charge in [0.05, 0.1) is 6.10 Å². The van der Waals surface area contributed by atoms with Crippen LogP contribution in [0.5, 0.6) is 0 Å². The number of carbonyl (C=O) groups excluding carboxylic acids is 1. The van der Waals surface area contributed by atoms with Crippen molar-refractivity contribution in [3.63, 3.8) is 0 Å². The van der Waals surface area contributed by atoms with Crippen molar-refractivity contribution in [2.45, 2.75) is 58.3 Å². The summed E-state index contributed by atoms with van der Waals surface area (Å²) in [5.41, 5.74) is 0.430. The van der Waals surface area contributed by atoms with E-state index in [0.29, 0.717) is 17.6 Å². The maximum absolute atomic E-state index is 11.5. The lowest BCUT2D eigenvalue weighted by Gasteiger charge is -2.32. The summed E-state index contributed by atoms with van der Waals surface area (Å²) in [5, 5.41) is 0. The van der Waals surface area contributed by atoms with E-state index in [0.717, 1.165) is 17.8 Å². The van der Waals surface area contributed by atoms with Crippen LogP contribution >= 0.6 is 0 Å². The molecule has 3 rings (SSSR count). The number of hydrogen-bond donors (Lipinski definition) is 0. The molecule has 3 nitrogen and oxygen atoms in total. The smallest absolute Gasteiger partial charge is 0.335 e. The Morgan fingerprint density at radius 1 is 1.21 bits per heavy atom. The van der Waals surface area contributed by atoms with Gasteiger partial charge in [0.1, 0.15) is 0 Å². The van der Waals surface area contributed by atoms with Crippen molar-refractivity contribution in [3.05, 3.63) is 12.2 Å². The second kappa shape index (κ2) is 4.93. The van der Waals surface area contributed by atoms with Crippen LogP contribution < -0.4 is 0 Å². The minimum atomic E-state index is -0.451. The first kappa shape index (κ1) is 13.2. The summed E-state index contributed by atoms with van der Waals surface area (Å²) in [6.07, 6.45) is 6.56. The topological polar surface area (TPSA) is 35.5 Å². The third-order valence-corrected chi connectivity index (χ3v) is 5.36. The summed E-state index contributed by atoms with van der Waals surface area (Å²) >= 11 is 0. The van der Waals surface area contributed by atoms with Crippen molar-refractivity contribution in [2.24, 2.45) is 23.7 Å². The molecule has 3 aliphatic carbocycles. The third kappa shape index (κ3) is 2.33. The molecule has 0 saturated heterocycles. The molecule has 2 bridgehead atoms. The second-order valence-electron chi connectivity index (χ2n) is 6.58. The van der Waals surface area contributed by atoms with Gasteiger partial charge in [-0.1, -0.05) is 13.0 Å². The molecule has 3 heteroatoms. The maximum Gasteiger partial charge on any atom is 0.335 e. The van der Waals surface area contributed by atoms with Crippen LogP contribution in [-0.2, 0) is 14.3 Å². The van der Waals surface area contributed by atoms with Crippen LogP contribution in [0.3, 0.4) is 0 Å². The molecule has 0 aromatic carbocycles. The SMILES string of the molecule is C=C(C)C(=O)OC(C)OC1CC2CC1C1CCCC21. The Hall–Kier alpha value is -0.830. The number of carbonyl (C=O) groups is 1. The van der Waals surface area contributed by atoms with E-state index in [2.05, 4.69) is 6.58 Å². The number of fused-ring (bicyclic) bond motifs is 5. The number of ether oxygens (including phenoxy) is 2. The van der Waals surface area contributed by atoms with Crippen molar-refractivity contribution < 1.29 is 14.3 Å². The zero-order valence-electron chi connectivity index (χ0n) is 11.9. The fourth-order valence-corrected chi connectivity index (χ4v) is 4.69. The fraction of sp³-hybridized carbons (Fsp3) is 0.812. The Labute approximate surface area is 115 Å². The van der Waals surface area contributed by atoms with E-state index < -0.39 is 6.29 Å². The van der Waals surface area contributed by atoms with E-state index in [1.165, 1.54) is 32.1 Å². The lowest BCUT2D eigenvalue weighted by molar-refractivity contribution is -0.188. The summed E-state index contributed by atoms with van der Waals surface area (Å²) in [7, 11) is 0. The fourth-order valence-electron chi connectivity index (χ4n) is 4.69. The standard InChI is InChI=1S/C16H24O3/c1-9(2)16(17)19-10(3)18-15-8-11-7-14(15)13-6-4-5-12(11)13/h10-15H,1,4-8H2,2-3H3. The average molecular weight is 264 g/mol. The third-order valence-electron chi connectivity index (χ3n) is 5.36. The van der Waals surface area contributed by atoms with Gasteiger partial charge in [-0.25, -0.2) is 4.79 Å². The van der Waals surface area contributed by atoms with E-state index in [1.54, 1.807) is 6.92 Å². The minimum absolute atomic E-state index is 0.303. The number of hydrogen-bond acceptors (Lipinski definition) is 3. The molecule has 0 heterocycles. The quantitative estimate of drug-likeness (QED) is 0.444. The molecule has 0 aromatic heterocycles. The highest BCUT2D eigenvalue weighted by molar-refractivity contribution is 5.86.